The Morgan fingerprint density at radius 2 is 2.22 bits per heavy atom. The minimum atomic E-state index is -0.401. The highest BCUT2D eigenvalue weighted by molar-refractivity contribution is 6.00. The Hall–Kier alpha value is -1.62. The van der Waals surface area contributed by atoms with E-state index in [2.05, 4.69) is 0 Å². The van der Waals surface area contributed by atoms with Crippen LogP contribution in [0.15, 0.2) is 18.2 Å². The van der Waals surface area contributed by atoms with Crippen LogP contribution in [0, 0.1) is 11.2 Å². The molecule has 1 fully saturated rings. The van der Waals surface area contributed by atoms with Crippen LogP contribution in [-0.2, 0) is 0 Å². The number of nitrogens with two attached hydrogens (primary N) is 1. The average Bonchev–Trinajstić information content (AvgIpc) is 2.26. The second-order valence-electron chi connectivity index (χ2n) is 4.58. The molecule has 4 nitrogen and oxygen atoms in total. The molecule has 1 aromatic rings. The number of benzene rings is 1. The molecule has 1 aliphatic carbocycles. The topological polar surface area (TPSA) is 73.3 Å². The number of nitrogens with zero attached hydrogens (tertiary/aromatic N) is 1. The van der Waals surface area contributed by atoms with E-state index in [0.717, 1.165) is 18.5 Å². The van der Waals surface area contributed by atoms with Crippen molar-refractivity contribution in [2.45, 2.75) is 25.3 Å². The summed E-state index contributed by atoms with van der Waals surface area (Å²) in [6, 6.07) is 4.65. The van der Waals surface area contributed by atoms with Gasteiger partial charge in [-0.2, -0.15) is 0 Å². The molecule has 0 radical (unpaired) electrons. The molecule has 0 unspecified atom stereocenters. The Kier molecular flexibility index (Phi) is 3.81. The predicted molar refractivity (Wildman–Crippen MR) is 69.5 cm³/mol. The van der Waals surface area contributed by atoms with Gasteiger partial charge in [-0.05, 0) is 37.5 Å². The molecule has 0 aromatic heterocycles. The first kappa shape index (κ1) is 12.8. The van der Waals surface area contributed by atoms with Crippen molar-refractivity contribution in [3.05, 3.63) is 29.6 Å². The number of anilines is 1. The minimum Gasteiger partial charge on any atom is -0.395 e. The second kappa shape index (κ2) is 5.35. The lowest BCUT2D eigenvalue weighted by molar-refractivity contribution is 0.283. The number of aliphatic hydroxyl groups excluding tert-OH is 1. The highest BCUT2D eigenvalue weighted by atomic mass is 19.1. The van der Waals surface area contributed by atoms with E-state index in [9.17, 15) is 4.39 Å². The maximum Gasteiger partial charge on any atom is 0.125 e. The van der Waals surface area contributed by atoms with E-state index in [0.29, 0.717) is 18.2 Å². The molecule has 0 atom stereocenters. The van der Waals surface area contributed by atoms with E-state index < -0.39 is 5.82 Å². The van der Waals surface area contributed by atoms with Gasteiger partial charge in [-0.25, -0.2) is 4.39 Å². The summed E-state index contributed by atoms with van der Waals surface area (Å²) in [7, 11) is 0. The lowest BCUT2D eigenvalue weighted by Gasteiger charge is -2.39. The van der Waals surface area contributed by atoms with Crippen molar-refractivity contribution in [2.24, 2.45) is 5.73 Å². The van der Waals surface area contributed by atoms with Crippen molar-refractivity contribution >= 4 is 11.5 Å². The lowest BCUT2D eigenvalue weighted by atomic mass is 9.90. The normalized spacial score (nSPS) is 15.2. The summed E-state index contributed by atoms with van der Waals surface area (Å²) in [5.74, 6) is -0.548. The van der Waals surface area contributed by atoms with Gasteiger partial charge in [-0.1, -0.05) is 0 Å². The first-order chi connectivity index (χ1) is 8.63. The monoisotopic (exact) mass is 251 g/mol. The van der Waals surface area contributed by atoms with Crippen molar-refractivity contribution in [3.63, 3.8) is 0 Å². The van der Waals surface area contributed by atoms with Gasteiger partial charge >= 0.3 is 0 Å². The third kappa shape index (κ3) is 2.46. The van der Waals surface area contributed by atoms with Crippen LogP contribution < -0.4 is 10.6 Å². The highest BCUT2D eigenvalue weighted by Gasteiger charge is 2.26. The molecule has 0 amide bonds. The maximum absolute atomic E-state index is 13.2. The fraction of sp³-hybridized carbons (Fsp3) is 0.462. The van der Waals surface area contributed by atoms with Crippen LogP contribution in [0.1, 0.15) is 24.8 Å². The number of hydrogen-bond donors (Lipinski definition) is 3. The fourth-order valence-corrected chi connectivity index (χ4v) is 2.28. The van der Waals surface area contributed by atoms with Crippen LogP contribution in [0.5, 0.6) is 0 Å². The number of nitrogen functional groups attached to an aromatic ring is 1. The van der Waals surface area contributed by atoms with Gasteiger partial charge in [-0.15, -0.1) is 0 Å². The van der Waals surface area contributed by atoms with Crippen LogP contribution >= 0.6 is 0 Å². The van der Waals surface area contributed by atoms with E-state index in [-0.39, 0.29) is 12.4 Å². The Labute approximate surface area is 106 Å². The Balaban J connectivity index is 2.36. The van der Waals surface area contributed by atoms with Crippen molar-refractivity contribution in [1.29, 1.82) is 5.41 Å². The van der Waals surface area contributed by atoms with Crippen LogP contribution in [0.2, 0.25) is 0 Å². The molecule has 0 spiro atoms. The standard InChI is InChI=1S/C13H18FN3O/c14-9-4-5-12(11(8-9)13(15)16)17(6-7-18)10-2-1-3-10/h4-5,8,10,18H,1-3,6-7H2,(H3,15,16). The summed E-state index contributed by atoms with van der Waals surface area (Å²) < 4.78 is 13.2. The molecular weight excluding hydrogens is 233 g/mol. The summed E-state index contributed by atoms with van der Waals surface area (Å²) in [5.41, 5.74) is 6.64. The molecule has 1 aromatic carbocycles. The lowest BCUT2D eigenvalue weighted by Crippen LogP contribution is -2.43. The molecule has 0 bridgehead atoms. The molecule has 0 aliphatic heterocycles. The molecule has 5 heteroatoms. The summed E-state index contributed by atoms with van der Waals surface area (Å²) in [4.78, 5) is 2.03. The van der Waals surface area contributed by atoms with Crippen molar-refractivity contribution in [3.8, 4) is 0 Å². The van der Waals surface area contributed by atoms with E-state index in [4.69, 9.17) is 16.2 Å². The van der Waals surface area contributed by atoms with Crippen molar-refractivity contribution in [2.75, 3.05) is 18.1 Å². The van der Waals surface area contributed by atoms with Crippen LogP contribution in [0.4, 0.5) is 10.1 Å². The third-order valence-electron chi connectivity index (χ3n) is 3.41. The van der Waals surface area contributed by atoms with Gasteiger partial charge in [-0.3, -0.25) is 5.41 Å². The van der Waals surface area contributed by atoms with Gasteiger partial charge in [0.25, 0.3) is 0 Å². The van der Waals surface area contributed by atoms with Gasteiger partial charge in [0.1, 0.15) is 11.7 Å². The van der Waals surface area contributed by atoms with E-state index in [1.165, 1.54) is 18.6 Å². The Bertz CT molecular complexity index is 446. The van der Waals surface area contributed by atoms with Crippen LogP contribution in [0.3, 0.4) is 0 Å². The number of amidine groups is 1. The molecule has 0 saturated heterocycles. The first-order valence-corrected chi connectivity index (χ1v) is 6.15. The predicted octanol–water partition coefficient (Wildman–Crippen LogP) is 1.46. The molecule has 18 heavy (non-hydrogen) atoms. The first-order valence-electron chi connectivity index (χ1n) is 6.15. The number of rotatable bonds is 5. The van der Waals surface area contributed by atoms with Crippen molar-refractivity contribution < 1.29 is 9.50 Å². The molecule has 1 aliphatic rings. The second-order valence-corrected chi connectivity index (χ2v) is 4.58. The SMILES string of the molecule is N=C(N)c1cc(F)ccc1N(CCO)C1CCC1. The van der Waals surface area contributed by atoms with Crippen molar-refractivity contribution in [1.82, 2.24) is 0 Å². The van der Waals surface area contributed by atoms with E-state index in [1.807, 2.05) is 4.90 Å². The Morgan fingerprint density at radius 1 is 1.50 bits per heavy atom. The third-order valence-corrected chi connectivity index (χ3v) is 3.41. The van der Waals surface area contributed by atoms with Gasteiger partial charge in [0.2, 0.25) is 0 Å². The molecule has 0 heterocycles. The fourth-order valence-electron chi connectivity index (χ4n) is 2.28. The van der Waals surface area contributed by atoms with Gasteiger partial charge in [0, 0.05) is 23.8 Å². The number of aliphatic hydroxyl groups is 1. The summed E-state index contributed by atoms with van der Waals surface area (Å²) >= 11 is 0. The van der Waals surface area contributed by atoms with E-state index in [1.54, 1.807) is 6.07 Å². The average molecular weight is 251 g/mol. The minimum absolute atomic E-state index is 0.0330. The van der Waals surface area contributed by atoms with Crippen LogP contribution in [-0.4, -0.2) is 30.1 Å². The Morgan fingerprint density at radius 3 is 2.72 bits per heavy atom. The quantitative estimate of drug-likeness (QED) is 0.548. The number of hydrogen-bond acceptors (Lipinski definition) is 3. The number of halogens is 1. The summed E-state index contributed by atoms with van der Waals surface area (Å²) in [6.07, 6.45) is 3.30. The summed E-state index contributed by atoms with van der Waals surface area (Å²) in [6.45, 7) is 0.516. The van der Waals surface area contributed by atoms with Gasteiger partial charge in [0.15, 0.2) is 0 Å². The van der Waals surface area contributed by atoms with Gasteiger partial charge < -0.3 is 15.7 Å². The molecule has 1 saturated carbocycles. The van der Waals surface area contributed by atoms with E-state index >= 15 is 0 Å². The zero-order chi connectivity index (χ0) is 13.1. The zero-order valence-corrected chi connectivity index (χ0v) is 10.2. The maximum atomic E-state index is 13.2. The molecule has 98 valence electrons. The zero-order valence-electron chi connectivity index (χ0n) is 10.2. The molecule has 2 rings (SSSR count). The molecular formula is C13H18FN3O. The number of nitrogens with one attached hydrogen (secondary N) is 1. The highest BCUT2D eigenvalue weighted by Crippen LogP contribution is 2.31. The smallest absolute Gasteiger partial charge is 0.125 e. The molecule has 4 N–H and O–H groups in total. The van der Waals surface area contributed by atoms with Crippen LogP contribution in [0.25, 0.3) is 0 Å². The summed E-state index contributed by atoms with van der Waals surface area (Å²) in [5, 5.41) is 16.7. The largest absolute Gasteiger partial charge is 0.395 e. The van der Waals surface area contributed by atoms with Gasteiger partial charge in [0.05, 0.1) is 6.61 Å².